The van der Waals surface area contributed by atoms with Crippen LogP contribution in [0.5, 0.6) is 0 Å². The lowest BCUT2D eigenvalue weighted by molar-refractivity contribution is 0.405. The van der Waals surface area contributed by atoms with Crippen molar-refractivity contribution in [2.75, 3.05) is 13.1 Å². The van der Waals surface area contributed by atoms with Gasteiger partial charge in [-0.25, -0.2) is 8.42 Å². The summed E-state index contributed by atoms with van der Waals surface area (Å²) in [6, 6.07) is 6.25. The van der Waals surface area contributed by atoms with Crippen LogP contribution in [0.3, 0.4) is 0 Å². The maximum atomic E-state index is 12.7. The largest absolute Gasteiger partial charge is 0.244 e. The Balaban J connectivity index is 2.42. The van der Waals surface area contributed by atoms with Gasteiger partial charge in [-0.1, -0.05) is 25.4 Å². The molecular formula is C13H15ClN2O2S2. The fourth-order valence-electron chi connectivity index (χ4n) is 2.24. The number of rotatable bonds is 2. The Morgan fingerprint density at radius 1 is 1.35 bits per heavy atom. The van der Waals surface area contributed by atoms with Gasteiger partial charge in [-0.3, -0.25) is 0 Å². The Hall–Kier alpha value is -0.740. The molecule has 0 N–H and O–H groups in total. The van der Waals surface area contributed by atoms with Gasteiger partial charge < -0.3 is 0 Å². The lowest BCUT2D eigenvalue weighted by atomic mass is 10.2. The average Bonchev–Trinajstić information content (AvgIpc) is 2.38. The molecule has 1 aromatic rings. The Morgan fingerprint density at radius 3 is 2.50 bits per heavy atom. The van der Waals surface area contributed by atoms with Crippen LogP contribution in [0, 0.1) is 11.3 Å². The molecule has 1 fully saturated rings. The molecule has 2 rings (SSSR count). The second-order valence-electron chi connectivity index (χ2n) is 4.84. The molecule has 7 heteroatoms. The molecule has 2 unspecified atom stereocenters. The standard InChI is InChI=1S/C13H15ClN2O2S2/c1-9-7-16(8-10(2)19-9)20(17,18)13-5-11(6-15)3-4-12(13)14/h3-5,9-10H,7-8H2,1-2H3. The molecule has 1 aromatic carbocycles. The molecule has 1 aliphatic rings. The third-order valence-corrected chi connectivity index (χ3v) is 6.60. The van der Waals surface area contributed by atoms with Crippen LogP contribution in [0.25, 0.3) is 0 Å². The summed E-state index contributed by atoms with van der Waals surface area (Å²) in [5.74, 6) is 0. The summed E-state index contributed by atoms with van der Waals surface area (Å²) in [5.41, 5.74) is 0.292. The summed E-state index contributed by atoms with van der Waals surface area (Å²) in [6.45, 7) is 4.95. The molecule has 20 heavy (non-hydrogen) atoms. The normalized spacial score (nSPS) is 24.3. The summed E-state index contributed by atoms with van der Waals surface area (Å²) in [6.07, 6.45) is 0. The number of sulfonamides is 1. The summed E-state index contributed by atoms with van der Waals surface area (Å²) >= 11 is 7.79. The van der Waals surface area contributed by atoms with E-state index in [1.165, 1.54) is 22.5 Å². The summed E-state index contributed by atoms with van der Waals surface area (Å²) < 4.78 is 26.8. The molecule has 0 aromatic heterocycles. The van der Waals surface area contributed by atoms with E-state index < -0.39 is 10.0 Å². The zero-order chi connectivity index (χ0) is 14.9. The highest BCUT2D eigenvalue weighted by Crippen LogP contribution is 2.31. The molecule has 0 saturated carbocycles. The van der Waals surface area contributed by atoms with Gasteiger partial charge in [0, 0.05) is 23.6 Å². The zero-order valence-electron chi connectivity index (χ0n) is 11.2. The zero-order valence-corrected chi connectivity index (χ0v) is 13.6. The van der Waals surface area contributed by atoms with Crippen molar-refractivity contribution in [1.29, 1.82) is 5.26 Å². The second-order valence-corrected chi connectivity index (χ2v) is 9.03. The molecular weight excluding hydrogens is 316 g/mol. The van der Waals surface area contributed by atoms with Crippen molar-refractivity contribution in [3.8, 4) is 6.07 Å². The van der Waals surface area contributed by atoms with Crippen LogP contribution in [0.15, 0.2) is 23.1 Å². The van der Waals surface area contributed by atoms with Gasteiger partial charge in [0.25, 0.3) is 0 Å². The van der Waals surface area contributed by atoms with Gasteiger partial charge in [-0.2, -0.15) is 21.3 Å². The van der Waals surface area contributed by atoms with Crippen molar-refractivity contribution in [1.82, 2.24) is 4.31 Å². The Labute approximate surface area is 128 Å². The van der Waals surface area contributed by atoms with Crippen LogP contribution in [-0.2, 0) is 10.0 Å². The predicted octanol–water partition coefficient (Wildman–Crippen LogP) is 2.73. The number of thioether (sulfide) groups is 1. The number of nitriles is 1. The smallest absolute Gasteiger partial charge is 0.207 e. The van der Waals surface area contributed by atoms with Gasteiger partial charge in [0.2, 0.25) is 10.0 Å². The first-order valence-corrected chi connectivity index (χ1v) is 8.96. The average molecular weight is 331 g/mol. The Bertz CT molecular complexity index is 645. The first-order chi connectivity index (χ1) is 9.34. The van der Waals surface area contributed by atoms with E-state index in [0.29, 0.717) is 18.7 Å². The van der Waals surface area contributed by atoms with Gasteiger partial charge in [-0.05, 0) is 18.2 Å². The highest BCUT2D eigenvalue weighted by molar-refractivity contribution is 8.00. The van der Waals surface area contributed by atoms with Crippen LogP contribution < -0.4 is 0 Å². The van der Waals surface area contributed by atoms with E-state index in [1.54, 1.807) is 11.8 Å². The van der Waals surface area contributed by atoms with E-state index in [4.69, 9.17) is 16.9 Å². The van der Waals surface area contributed by atoms with E-state index in [0.717, 1.165) is 0 Å². The SMILES string of the molecule is CC1CN(S(=O)(=O)c2cc(C#N)ccc2Cl)CC(C)S1. The third kappa shape index (κ3) is 3.12. The van der Waals surface area contributed by atoms with Crippen LogP contribution in [0.1, 0.15) is 19.4 Å². The number of halogens is 1. The molecule has 2 atom stereocenters. The quantitative estimate of drug-likeness (QED) is 0.836. The van der Waals surface area contributed by atoms with Crippen LogP contribution in [-0.4, -0.2) is 36.3 Å². The molecule has 0 spiro atoms. The van der Waals surface area contributed by atoms with Crippen molar-refractivity contribution in [3.05, 3.63) is 28.8 Å². The minimum Gasteiger partial charge on any atom is -0.207 e. The molecule has 0 aliphatic carbocycles. The fraction of sp³-hybridized carbons (Fsp3) is 0.462. The Kier molecular flexibility index (Phi) is 4.65. The van der Waals surface area contributed by atoms with E-state index in [-0.39, 0.29) is 20.4 Å². The van der Waals surface area contributed by atoms with Crippen molar-refractivity contribution >= 4 is 33.4 Å². The molecule has 0 bridgehead atoms. The molecule has 1 aliphatic heterocycles. The predicted molar refractivity (Wildman–Crippen MR) is 81.4 cm³/mol. The fourth-order valence-corrected chi connectivity index (χ4v) is 5.87. The van der Waals surface area contributed by atoms with E-state index >= 15 is 0 Å². The minimum atomic E-state index is -3.65. The Morgan fingerprint density at radius 2 is 1.95 bits per heavy atom. The maximum Gasteiger partial charge on any atom is 0.244 e. The van der Waals surface area contributed by atoms with Gasteiger partial charge in [-0.15, -0.1) is 0 Å². The molecule has 0 radical (unpaired) electrons. The molecule has 4 nitrogen and oxygen atoms in total. The first kappa shape index (κ1) is 15.6. The van der Waals surface area contributed by atoms with Gasteiger partial charge in [0.15, 0.2) is 0 Å². The lowest BCUT2D eigenvalue weighted by Gasteiger charge is -2.33. The van der Waals surface area contributed by atoms with Crippen molar-refractivity contribution in [2.45, 2.75) is 29.2 Å². The second kappa shape index (κ2) is 5.94. The van der Waals surface area contributed by atoms with Gasteiger partial charge in [0.05, 0.1) is 16.7 Å². The summed E-state index contributed by atoms with van der Waals surface area (Å²) in [5, 5.41) is 9.55. The first-order valence-electron chi connectivity index (χ1n) is 6.20. The number of benzene rings is 1. The van der Waals surface area contributed by atoms with Gasteiger partial charge >= 0.3 is 0 Å². The van der Waals surface area contributed by atoms with Crippen molar-refractivity contribution in [3.63, 3.8) is 0 Å². The highest BCUT2D eigenvalue weighted by atomic mass is 35.5. The van der Waals surface area contributed by atoms with Gasteiger partial charge in [0.1, 0.15) is 4.90 Å². The summed E-state index contributed by atoms with van der Waals surface area (Å²) in [7, 11) is -3.65. The monoisotopic (exact) mass is 330 g/mol. The molecule has 0 amide bonds. The van der Waals surface area contributed by atoms with Crippen LogP contribution >= 0.6 is 23.4 Å². The van der Waals surface area contributed by atoms with Crippen LogP contribution in [0.4, 0.5) is 0 Å². The van der Waals surface area contributed by atoms with E-state index in [2.05, 4.69) is 0 Å². The molecule has 1 heterocycles. The molecule has 1 saturated heterocycles. The van der Waals surface area contributed by atoms with Crippen molar-refractivity contribution < 1.29 is 8.42 Å². The van der Waals surface area contributed by atoms with Crippen LogP contribution in [0.2, 0.25) is 5.02 Å². The van der Waals surface area contributed by atoms with Crippen molar-refractivity contribution in [2.24, 2.45) is 0 Å². The summed E-state index contributed by atoms with van der Waals surface area (Å²) in [4.78, 5) is 0.0181. The number of nitrogens with zero attached hydrogens (tertiary/aromatic N) is 2. The molecule has 108 valence electrons. The highest BCUT2D eigenvalue weighted by Gasteiger charge is 2.33. The van der Waals surface area contributed by atoms with E-state index in [9.17, 15) is 8.42 Å². The third-order valence-electron chi connectivity index (χ3n) is 3.06. The maximum absolute atomic E-state index is 12.7. The minimum absolute atomic E-state index is 0.0181. The number of hydrogen-bond acceptors (Lipinski definition) is 4. The lowest BCUT2D eigenvalue weighted by Crippen LogP contribution is -2.44. The van der Waals surface area contributed by atoms with E-state index in [1.807, 2.05) is 19.9 Å². The number of hydrogen-bond donors (Lipinski definition) is 0. The topological polar surface area (TPSA) is 61.2 Å².